The fourth-order valence-electron chi connectivity index (χ4n) is 3.55. The molecule has 0 aliphatic carbocycles. The molecule has 2 aromatic carbocycles. The number of nitrogens with one attached hydrogen (secondary N) is 2. The zero-order valence-corrected chi connectivity index (χ0v) is 18.2. The highest BCUT2D eigenvalue weighted by atomic mass is 19.1. The minimum atomic E-state index is -0.600. The number of rotatable bonds is 4. The topological polar surface area (TPSA) is 87.3 Å². The molecule has 1 aliphatic heterocycles. The van der Waals surface area contributed by atoms with Crippen molar-refractivity contribution < 1.29 is 18.7 Å². The number of nitrogens with zero attached hydrogens (tertiary/aromatic N) is 2. The summed E-state index contributed by atoms with van der Waals surface area (Å²) in [6.07, 6.45) is -0.432. The molecule has 4 rings (SSSR count). The number of hydrogen-bond acceptors (Lipinski definition) is 4. The molecule has 0 saturated carbocycles. The third-order valence-electron chi connectivity index (χ3n) is 5.08. The van der Waals surface area contributed by atoms with Gasteiger partial charge in [0.05, 0.1) is 18.8 Å². The number of aromatic amines is 1. The van der Waals surface area contributed by atoms with Crippen molar-refractivity contribution in [2.45, 2.75) is 46.0 Å². The summed E-state index contributed by atoms with van der Waals surface area (Å²) in [4.78, 5) is 26.3. The summed E-state index contributed by atoms with van der Waals surface area (Å²) in [6, 6.07) is 13.8. The van der Waals surface area contributed by atoms with Gasteiger partial charge in [0, 0.05) is 23.2 Å². The van der Waals surface area contributed by atoms with Gasteiger partial charge in [-0.3, -0.25) is 14.8 Å². The minimum Gasteiger partial charge on any atom is -0.444 e. The van der Waals surface area contributed by atoms with E-state index in [2.05, 4.69) is 15.5 Å². The Kier molecular flexibility index (Phi) is 5.69. The largest absolute Gasteiger partial charge is 0.444 e. The molecule has 2 amide bonds. The van der Waals surface area contributed by atoms with Crippen LogP contribution in [0.4, 0.5) is 9.18 Å². The average Bonchev–Trinajstić information content (AvgIpc) is 3.33. The Bertz CT molecular complexity index is 1150. The van der Waals surface area contributed by atoms with Crippen LogP contribution in [0.1, 0.15) is 48.0 Å². The first-order valence-corrected chi connectivity index (χ1v) is 10.4. The quantitative estimate of drug-likeness (QED) is 0.635. The van der Waals surface area contributed by atoms with E-state index in [1.165, 1.54) is 6.07 Å². The van der Waals surface area contributed by atoms with Crippen LogP contribution in [0.3, 0.4) is 0 Å². The Morgan fingerprint density at radius 1 is 1.16 bits per heavy atom. The predicted molar refractivity (Wildman–Crippen MR) is 117 cm³/mol. The van der Waals surface area contributed by atoms with Crippen LogP contribution >= 0.6 is 0 Å². The Morgan fingerprint density at radius 2 is 1.91 bits per heavy atom. The number of carbonyl (C=O) groups excluding carboxylic acids is 2. The highest BCUT2D eigenvalue weighted by Crippen LogP contribution is 2.33. The lowest BCUT2D eigenvalue weighted by Gasteiger charge is -2.24. The third kappa shape index (κ3) is 4.64. The molecule has 7 nitrogen and oxygen atoms in total. The first-order valence-electron chi connectivity index (χ1n) is 10.4. The van der Waals surface area contributed by atoms with E-state index in [-0.39, 0.29) is 23.6 Å². The second-order valence-electron chi connectivity index (χ2n) is 8.73. The highest BCUT2D eigenvalue weighted by molar-refractivity contribution is 5.94. The van der Waals surface area contributed by atoms with Crippen LogP contribution < -0.4 is 5.32 Å². The summed E-state index contributed by atoms with van der Waals surface area (Å²) in [5, 5.41) is 9.92. The maximum absolute atomic E-state index is 14.9. The number of aromatic nitrogens is 2. The van der Waals surface area contributed by atoms with Crippen molar-refractivity contribution in [2.75, 3.05) is 0 Å². The van der Waals surface area contributed by atoms with Gasteiger partial charge in [0.2, 0.25) is 0 Å². The van der Waals surface area contributed by atoms with Gasteiger partial charge in [-0.15, -0.1) is 0 Å². The summed E-state index contributed by atoms with van der Waals surface area (Å²) in [6.45, 7) is 6.37. The highest BCUT2D eigenvalue weighted by Gasteiger charge is 2.32. The standard InChI is InChI=1S/C24H25FN4O3/c1-24(2,3)32-23(31)29-13-18-20(14-29)27-28-21(18)17-10-9-16(11-19(17)25)22(30)26-12-15-7-5-4-6-8-15/h4-11H,12-14H2,1-3H3,(H,26,30)(H,27,28). The summed E-state index contributed by atoms with van der Waals surface area (Å²) >= 11 is 0. The van der Waals surface area contributed by atoms with Crippen LogP contribution in [0.25, 0.3) is 11.3 Å². The second kappa shape index (κ2) is 8.45. The summed E-state index contributed by atoms with van der Waals surface area (Å²) in [7, 11) is 0. The lowest BCUT2D eigenvalue weighted by Crippen LogP contribution is -2.33. The van der Waals surface area contributed by atoms with Crippen LogP contribution in [0.5, 0.6) is 0 Å². The Balaban J connectivity index is 1.47. The Morgan fingerprint density at radius 3 is 2.59 bits per heavy atom. The van der Waals surface area contributed by atoms with Crippen molar-refractivity contribution in [3.8, 4) is 11.3 Å². The van der Waals surface area contributed by atoms with Crippen LogP contribution in [0.2, 0.25) is 0 Å². The van der Waals surface area contributed by atoms with Gasteiger partial charge in [-0.2, -0.15) is 5.10 Å². The van der Waals surface area contributed by atoms with Crippen LogP contribution in [0.15, 0.2) is 48.5 Å². The van der Waals surface area contributed by atoms with E-state index in [1.807, 2.05) is 30.3 Å². The number of ether oxygens (including phenoxy) is 1. The van der Waals surface area contributed by atoms with E-state index in [0.717, 1.165) is 16.8 Å². The van der Waals surface area contributed by atoms with Crippen LogP contribution in [-0.2, 0) is 24.4 Å². The minimum absolute atomic E-state index is 0.227. The molecule has 32 heavy (non-hydrogen) atoms. The smallest absolute Gasteiger partial charge is 0.410 e. The number of H-pyrrole nitrogens is 1. The molecule has 8 heteroatoms. The fraction of sp³-hybridized carbons (Fsp3) is 0.292. The lowest BCUT2D eigenvalue weighted by atomic mass is 10.0. The van der Waals surface area contributed by atoms with Gasteiger partial charge >= 0.3 is 6.09 Å². The molecule has 0 unspecified atom stereocenters. The van der Waals surface area contributed by atoms with Gasteiger partial charge in [-0.05, 0) is 44.5 Å². The molecule has 2 N–H and O–H groups in total. The van der Waals surface area contributed by atoms with Gasteiger partial charge in [-0.25, -0.2) is 9.18 Å². The molecular formula is C24H25FN4O3. The van der Waals surface area contributed by atoms with Crippen molar-refractivity contribution in [1.29, 1.82) is 0 Å². The van der Waals surface area contributed by atoms with E-state index in [0.29, 0.717) is 18.8 Å². The molecule has 0 atom stereocenters. The zero-order valence-electron chi connectivity index (χ0n) is 18.2. The van der Waals surface area contributed by atoms with Gasteiger partial charge < -0.3 is 10.1 Å². The molecule has 166 valence electrons. The van der Waals surface area contributed by atoms with Crippen molar-refractivity contribution in [3.63, 3.8) is 0 Å². The van der Waals surface area contributed by atoms with E-state index in [1.54, 1.807) is 37.8 Å². The predicted octanol–water partition coefficient (Wildman–Crippen LogP) is 4.40. The van der Waals surface area contributed by atoms with E-state index < -0.39 is 17.5 Å². The van der Waals surface area contributed by atoms with E-state index >= 15 is 0 Å². The third-order valence-corrected chi connectivity index (χ3v) is 5.08. The SMILES string of the molecule is CC(C)(C)OC(=O)N1Cc2[nH]nc(-c3ccc(C(=O)NCc4ccccc4)cc3F)c2C1. The number of benzene rings is 2. The Labute approximate surface area is 185 Å². The van der Waals surface area contributed by atoms with Crippen LogP contribution in [0, 0.1) is 5.82 Å². The van der Waals surface area contributed by atoms with Crippen molar-refractivity contribution >= 4 is 12.0 Å². The number of fused-ring (bicyclic) bond motifs is 1. The summed E-state index contributed by atoms with van der Waals surface area (Å²) in [5.74, 6) is -0.912. The van der Waals surface area contributed by atoms with Crippen molar-refractivity contribution in [3.05, 3.63) is 76.7 Å². The molecular weight excluding hydrogens is 411 g/mol. The van der Waals surface area contributed by atoms with Crippen molar-refractivity contribution in [2.24, 2.45) is 0 Å². The molecule has 0 fully saturated rings. The number of hydrogen-bond donors (Lipinski definition) is 2. The maximum atomic E-state index is 14.9. The summed E-state index contributed by atoms with van der Waals surface area (Å²) < 4.78 is 20.4. The number of carbonyl (C=O) groups is 2. The summed E-state index contributed by atoms with van der Waals surface area (Å²) in [5.41, 5.74) is 2.78. The van der Waals surface area contributed by atoms with Gasteiger partial charge in [-0.1, -0.05) is 30.3 Å². The molecule has 0 radical (unpaired) electrons. The number of amides is 2. The molecule has 0 spiro atoms. The van der Waals surface area contributed by atoms with Gasteiger partial charge in [0.25, 0.3) is 5.91 Å². The monoisotopic (exact) mass is 436 g/mol. The molecule has 3 aromatic rings. The second-order valence-corrected chi connectivity index (χ2v) is 8.73. The number of halogens is 1. The van der Waals surface area contributed by atoms with E-state index in [9.17, 15) is 14.0 Å². The normalized spacial score (nSPS) is 13.1. The average molecular weight is 436 g/mol. The molecule has 0 saturated heterocycles. The molecule has 2 heterocycles. The maximum Gasteiger partial charge on any atom is 0.410 e. The first kappa shape index (κ1) is 21.5. The van der Waals surface area contributed by atoms with Crippen molar-refractivity contribution in [1.82, 2.24) is 20.4 Å². The molecule has 1 aliphatic rings. The van der Waals surface area contributed by atoms with Gasteiger partial charge in [0.1, 0.15) is 17.1 Å². The zero-order chi connectivity index (χ0) is 22.9. The molecule has 0 bridgehead atoms. The molecule has 1 aromatic heterocycles. The van der Waals surface area contributed by atoms with Gasteiger partial charge in [0.15, 0.2) is 0 Å². The van der Waals surface area contributed by atoms with E-state index in [4.69, 9.17) is 4.74 Å². The Hall–Kier alpha value is -3.68. The fourth-order valence-corrected chi connectivity index (χ4v) is 3.55. The van der Waals surface area contributed by atoms with Crippen LogP contribution in [-0.4, -0.2) is 32.7 Å². The lowest BCUT2D eigenvalue weighted by molar-refractivity contribution is 0.0240. The first-order chi connectivity index (χ1) is 15.2.